The van der Waals surface area contributed by atoms with Crippen molar-refractivity contribution in [1.82, 2.24) is 10.3 Å². The van der Waals surface area contributed by atoms with E-state index in [4.69, 9.17) is 5.84 Å². The maximum atomic E-state index is 12.1. The molecule has 0 aliphatic carbocycles. The number of benzene rings is 1. The van der Waals surface area contributed by atoms with Crippen molar-refractivity contribution in [3.8, 4) is 0 Å². The molecule has 20 heavy (non-hydrogen) atoms. The van der Waals surface area contributed by atoms with Gasteiger partial charge in [0, 0.05) is 21.7 Å². The van der Waals surface area contributed by atoms with Crippen LogP contribution in [-0.4, -0.2) is 10.9 Å². The van der Waals surface area contributed by atoms with Gasteiger partial charge in [0.25, 0.3) is 5.91 Å². The van der Waals surface area contributed by atoms with Crippen molar-refractivity contribution in [2.75, 3.05) is 5.43 Å². The molecule has 0 radical (unpaired) electrons. The van der Waals surface area contributed by atoms with Crippen molar-refractivity contribution in [2.24, 2.45) is 5.84 Å². The molecule has 0 aliphatic rings. The molecule has 104 valence electrons. The third-order valence-electron chi connectivity index (χ3n) is 2.60. The number of nitrogen functional groups attached to an aromatic ring is 1. The van der Waals surface area contributed by atoms with Gasteiger partial charge in [-0.05, 0) is 39.7 Å². The van der Waals surface area contributed by atoms with Crippen LogP contribution in [0.2, 0.25) is 0 Å². The van der Waals surface area contributed by atoms with Crippen LogP contribution in [0.5, 0.6) is 0 Å². The van der Waals surface area contributed by atoms with Crippen molar-refractivity contribution < 1.29 is 4.79 Å². The first kappa shape index (κ1) is 15.0. The summed E-state index contributed by atoms with van der Waals surface area (Å²) >= 11 is 6.65. The largest absolute Gasteiger partial charge is 0.348 e. The third-order valence-corrected chi connectivity index (χ3v) is 3.56. The zero-order valence-electron chi connectivity index (χ0n) is 10.4. The Kier molecular flexibility index (Phi) is 5.11. The highest BCUT2D eigenvalue weighted by molar-refractivity contribution is 9.10. The number of aromatic nitrogens is 1. The number of rotatable bonds is 4. The number of carbonyl (C=O) groups excluding carboxylic acids is 1. The van der Waals surface area contributed by atoms with E-state index in [1.54, 1.807) is 12.3 Å². The normalized spacial score (nSPS) is 10.2. The standard InChI is InChI=1S/C13H12Br2N4O/c14-9-3-1-8(2-4-9)6-18-13(20)11-5-10(15)7-17-12(11)19-16/h1-5,7H,6,16H2,(H,17,19)(H,18,20). The van der Waals surface area contributed by atoms with Gasteiger partial charge in [0.15, 0.2) is 5.82 Å². The highest BCUT2D eigenvalue weighted by Gasteiger charge is 2.12. The molecule has 0 unspecified atom stereocenters. The minimum absolute atomic E-state index is 0.241. The SMILES string of the molecule is NNc1ncc(Br)cc1C(=O)NCc1ccc(Br)cc1. The number of halogens is 2. The van der Waals surface area contributed by atoms with E-state index in [0.29, 0.717) is 22.4 Å². The fourth-order valence-electron chi connectivity index (χ4n) is 1.61. The predicted octanol–water partition coefficient (Wildman–Crippen LogP) is 2.82. The van der Waals surface area contributed by atoms with Crippen LogP contribution in [0.1, 0.15) is 15.9 Å². The molecule has 0 bridgehead atoms. The minimum atomic E-state index is -0.241. The van der Waals surface area contributed by atoms with E-state index >= 15 is 0 Å². The van der Waals surface area contributed by atoms with E-state index in [0.717, 1.165) is 10.0 Å². The van der Waals surface area contributed by atoms with Gasteiger partial charge < -0.3 is 10.7 Å². The topological polar surface area (TPSA) is 80.0 Å². The van der Waals surface area contributed by atoms with E-state index in [2.05, 4.69) is 47.6 Å². The Hall–Kier alpha value is -1.44. The van der Waals surface area contributed by atoms with Crippen LogP contribution in [0.4, 0.5) is 5.82 Å². The summed E-state index contributed by atoms with van der Waals surface area (Å²) in [6.45, 7) is 0.433. The number of hydrazine groups is 1. The molecule has 0 atom stereocenters. The first-order valence-corrected chi connectivity index (χ1v) is 7.33. The average Bonchev–Trinajstić information content (AvgIpc) is 2.46. The Bertz CT molecular complexity index is 616. The van der Waals surface area contributed by atoms with Crippen LogP contribution in [0.3, 0.4) is 0 Å². The predicted molar refractivity (Wildman–Crippen MR) is 85.1 cm³/mol. The van der Waals surface area contributed by atoms with Gasteiger partial charge in [-0.3, -0.25) is 4.79 Å². The van der Waals surface area contributed by atoms with Gasteiger partial charge in [-0.15, -0.1) is 0 Å². The fourth-order valence-corrected chi connectivity index (χ4v) is 2.20. The molecule has 1 aromatic heterocycles. The molecule has 0 saturated carbocycles. The molecular weight excluding hydrogens is 388 g/mol. The maximum Gasteiger partial charge on any atom is 0.255 e. The lowest BCUT2D eigenvalue weighted by molar-refractivity contribution is 0.0951. The monoisotopic (exact) mass is 398 g/mol. The lowest BCUT2D eigenvalue weighted by Crippen LogP contribution is -2.25. The van der Waals surface area contributed by atoms with Crippen LogP contribution in [0.15, 0.2) is 45.5 Å². The first-order chi connectivity index (χ1) is 9.60. The third kappa shape index (κ3) is 3.78. The summed E-state index contributed by atoms with van der Waals surface area (Å²) in [5.41, 5.74) is 3.80. The molecular formula is C13H12Br2N4O. The van der Waals surface area contributed by atoms with Crippen LogP contribution in [-0.2, 0) is 6.54 Å². The molecule has 2 aromatic rings. The van der Waals surface area contributed by atoms with Gasteiger partial charge >= 0.3 is 0 Å². The lowest BCUT2D eigenvalue weighted by Gasteiger charge is -2.09. The summed E-state index contributed by atoms with van der Waals surface area (Å²) in [5, 5.41) is 2.83. The van der Waals surface area contributed by atoms with Gasteiger partial charge in [0.1, 0.15) is 0 Å². The number of hydrogen-bond donors (Lipinski definition) is 3. The molecule has 1 heterocycles. The molecule has 7 heteroatoms. The van der Waals surface area contributed by atoms with Crippen LogP contribution < -0.4 is 16.6 Å². The maximum absolute atomic E-state index is 12.1. The summed E-state index contributed by atoms with van der Waals surface area (Å²) in [7, 11) is 0. The fraction of sp³-hybridized carbons (Fsp3) is 0.0769. The van der Waals surface area contributed by atoms with E-state index in [1.165, 1.54) is 0 Å². The Balaban J connectivity index is 2.08. The van der Waals surface area contributed by atoms with Crippen molar-refractivity contribution >= 4 is 43.6 Å². The highest BCUT2D eigenvalue weighted by Crippen LogP contribution is 2.17. The molecule has 2 rings (SSSR count). The summed E-state index contributed by atoms with van der Waals surface area (Å²) in [6, 6.07) is 9.39. The average molecular weight is 400 g/mol. The van der Waals surface area contributed by atoms with Gasteiger partial charge in [-0.25, -0.2) is 10.8 Å². The van der Waals surface area contributed by atoms with E-state index < -0.39 is 0 Å². The Morgan fingerprint density at radius 2 is 1.90 bits per heavy atom. The summed E-state index contributed by atoms with van der Waals surface area (Å²) in [4.78, 5) is 16.2. The quantitative estimate of drug-likeness (QED) is 0.545. The zero-order chi connectivity index (χ0) is 14.5. The van der Waals surface area contributed by atoms with Crippen molar-refractivity contribution in [3.05, 3.63) is 56.6 Å². The Morgan fingerprint density at radius 3 is 2.55 bits per heavy atom. The number of amides is 1. The van der Waals surface area contributed by atoms with Gasteiger partial charge in [-0.2, -0.15) is 0 Å². The van der Waals surface area contributed by atoms with Crippen LogP contribution >= 0.6 is 31.9 Å². The second-order valence-electron chi connectivity index (χ2n) is 4.00. The molecule has 0 aliphatic heterocycles. The highest BCUT2D eigenvalue weighted by atomic mass is 79.9. The number of nitrogens with one attached hydrogen (secondary N) is 2. The van der Waals surface area contributed by atoms with Gasteiger partial charge in [0.2, 0.25) is 0 Å². The minimum Gasteiger partial charge on any atom is -0.348 e. The number of pyridine rings is 1. The van der Waals surface area contributed by atoms with E-state index in [1.807, 2.05) is 24.3 Å². The molecule has 0 saturated heterocycles. The molecule has 0 fully saturated rings. The summed E-state index contributed by atoms with van der Waals surface area (Å²) in [6.07, 6.45) is 1.57. The van der Waals surface area contributed by atoms with Gasteiger partial charge in [-0.1, -0.05) is 28.1 Å². The van der Waals surface area contributed by atoms with Crippen molar-refractivity contribution in [3.63, 3.8) is 0 Å². The number of nitrogens with two attached hydrogens (primary N) is 1. The molecule has 5 nitrogen and oxygen atoms in total. The second-order valence-corrected chi connectivity index (χ2v) is 5.83. The molecule has 0 spiro atoms. The number of nitrogens with zero attached hydrogens (tertiary/aromatic N) is 1. The summed E-state index contributed by atoms with van der Waals surface area (Å²) < 4.78 is 1.71. The van der Waals surface area contributed by atoms with Crippen LogP contribution in [0.25, 0.3) is 0 Å². The molecule has 1 amide bonds. The molecule has 4 N–H and O–H groups in total. The van der Waals surface area contributed by atoms with Crippen LogP contribution in [0, 0.1) is 0 Å². The number of hydrogen-bond acceptors (Lipinski definition) is 4. The zero-order valence-corrected chi connectivity index (χ0v) is 13.5. The Labute approximate surface area is 133 Å². The number of carbonyl (C=O) groups is 1. The smallest absolute Gasteiger partial charge is 0.255 e. The first-order valence-electron chi connectivity index (χ1n) is 5.75. The lowest BCUT2D eigenvalue weighted by atomic mass is 10.2. The van der Waals surface area contributed by atoms with E-state index in [-0.39, 0.29) is 5.91 Å². The van der Waals surface area contributed by atoms with Gasteiger partial charge in [0.05, 0.1) is 5.56 Å². The second kappa shape index (κ2) is 6.83. The molecule has 1 aromatic carbocycles. The van der Waals surface area contributed by atoms with E-state index in [9.17, 15) is 4.79 Å². The Morgan fingerprint density at radius 1 is 1.20 bits per heavy atom. The summed E-state index contributed by atoms with van der Waals surface area (Å²) in [5.74, 6) is 5.44. The van der Waals surface area contributed by atoms with Crippen molar-refractivity contribution in [1.29, 1.82) is 0 Å². The van der Waals surface area contributed by atoms with Crippen molar-refractivity contribution in [2.45, 2.75) is 6.54 Å². The number of anilines is 1.